The maximum Gasteiger partial charge on any atom is 0.253 e. The predicted molar refractivity (Wildman–Crippen MR) is 72.2 cm³/mol. The van der Waals surface area contributed by atoms with Crippen LogP contribution in [0.15, 0.2) is 16.6 Å². The molecule has 1 aromatic carbocycles. The van der Waals surface area contributed by atoms with Gasteiger partial charge < -0.3 is 11.1 Å². The van der Waals surface area contributed by atoms with Crippen LogP contribution in [0.3, 0.4) is 0 Å². The zero-order chi connectivity index (χ0) is 14.9. The first-order valence-electron chi connectivity index (χ1n) is 5.77. The minimum absolute atomic E-state index is 0.119. The van der Waals surface area contributed by atoms with E-state index in [4.69, 9.17) is 5.73 Å². The highest BCUT2D eigenvalue weighted by molar-refractivity contribution is 9.10. The van der Waals surface area contributed by atoms with Gasteiger partial charge in [0.25, 0.3) is 5.91 Å². The summed E-state index contributed by atoms with van der Waals surface area (Å²) >= 11 is 3.06. The highest BCUT2D eigenvalue weighted by Gasteiger charge is 2.28. The highest BCUT2D eigenvalue weighted by Crippen LogP contribution is 2.23. The van der Waals surface area contributed by atoms with E-state index in [1.807, 2.05) is 0 Å². The molecule has 1 aliphatic rings. The Balaban J connectivity index is 2.14. The monoisotopic (exact) mass is 343 g/mol. The topological polar surface area (TPSA) is 101 Å². The molecule has 20 heavy (non-hydrogen) atoms. The van der Waals surface area contributed by atoms with Gasteiger partial charge in [0, 0.05) is 10.9 Å². The SMILES string of the molecule is Nc1cc(C(=O)NC2CCC(=O)NC2=O)c(Br)cc1F. The molecule has 6 nitrogen and oxygen atoms in total. The van der Waals surface area contributed by atoms with Crippen molar-refractivity contribution < 1.29 is 18.8 Å². The molecule has 0 bridgehead atoms. The fourth-order valence-corrected chi connectivity index (χ4v) is 2.30. The molecule has 1 atom stereocenters. The molecule has 0 spiro atoms. The molecule has 4 N–H and O–H groups in total. The number of hydrogen-bond acceptors (Lipinski definition) is 4. The molecule has 0 aliphatic carbocycles. The molecule has 2 rings (SSSR count). The highest BCUT2D eigenvalue weighted by atomic mass is 79.9. The molecular formula is C12H11BrFN3O3. The molecule has 0 aromatic heterocycles. The van der Waals surface area contributed by atoms with Crippen molar-refractivity contribution in [1.82, 2.24) is 10.6 Å². The van der Waals surface area contributed by atoms with Gasteiger partial charge in [-0.25, -0.2) is 4.39 Å². The lowest BCUT2D eigenvalue weighted by Gasteiger charge is -2.22. The van der Waals surface area contributed by atoms with E-state index < -0.39 is 23.7 Å². The number of benzene rings is 1. The maximum absolute atomic E-state index is 13.2. The minimum Gasteiger partial charge on any atom is -0.396 e. The summed E-state index contributed by atoms with van der Waals surface area (Å²) in [5.41, 5.74) is 5.36. The van der Waals surface area contributed by atoms with Crippen molar-refractivity contribution in [2.45, 2.75) is 18.9 Å². The molecule has 0 radical (unpaired) electrons. The van der Waals surface area contributed by atoms with Crippen LogP contribution in [0.25, 0.3) is 0 Å². The lowest BCUT2D eigenvalue weighted by atomic mass is 10.1. The van der Waals surface area contributed by atoms with Gasteiger partial charge in [-0.3, -0.25) is 19.7 Å². The molecule has 0 saturated carbocycles. The van der Waals surface area contributed by atoms with Crippen molar-refractivity contribution in [3.63, 3.8) is 0 Å². The Morgan fingerprint density at radius 1 is 1.45 bits per heavy atom. The summed E-state index contributed by atoms with van der Waals surface area (Å²) in [5, 5.41) is 4.61. The number of anilines is 1. The number of imide groups is 1. The van der Waals surface area contributed by atoms with E-state index in [2.05, 4.69) is 26.6 Å². The van der Waals surface area contributed by atoms with Gasteiger partial charge >= 0.3 is 0 Å². The summed E-state index contributed by atoms with van der Waals surface area (Å²) in [4.78, 5) is 34.6. The smallest absolute Gasteiger partial charge is 0.253 e. The number of nitrogen functional groups attached to an aromatic ring is 1. The standard InChI is InChI=1S/C12H11BrFN3O3/c13-6-4-7(14)8(15)3-5(6)11(19)16-9-1-2-10(18)17-12(9)20/h3-4,9H,1-2,15H2,(H,16,19)(H,17,18,20). The van der Waals surface area contributed by atoms with Crippen LogP contribution in [-0.2, 0) is 9.59 Å². The first-order chi connectivity index (χ1) is 9.38. The molecule has 1 aliphatic heterocycles. The molecule has 8 heteroatoms. The first kappa shape index (κ1) is 14.4. The zero-order valence-corrected chi connectivity index (χ0v) is 11.8. The number of hydrogen-bond donors (Lipinski definition) is 3. The van der Waals surface area contributed by atoms with Crippen molar-refractivity contribution in [3.8, 4) is 0 Å². The van der Waals surface area contributed by atoms with Gasteiger partial charge in [-0.15, -0.1) is 0 Å². The van der Waals surface area contributed by atoms with Crippen LogP contribution in [-0.4, -0.2) is 23.8 Å². The average molecular weight is 344 g/mol. The predicted octanol–water partition coefficient (Wildman–Crippen LogP) is 0.705. The van der Waals surface area contributed by atoms with Gasteiger partial charge in [0.15, 0.2) is 0 Å². The van der Waals surface area contributed by atoms with E-state index in [1.54, 1.807) is 0 Å². The van der Waals surface area contributed by atoms with Gasteiger partial charge in [-0.1, -0.05) is 0 Å². The van der Waals surface area contributed by atoms with Crippen LogP contribution in [0.5, 0.6) is 0 Å². The lowest BCUT2D eigenvalue weighted by molar-refractivity contribution is -0.134. The van der Waals surface area contributed by atoms with E-state index in [1.165, 1.54) is 6.07 Å². The number of halogens is 2. The second-order valence-electron chi connectivity index (χ2n) is 4.33. The second-order valence-corrected chi connectivity index (χ2v) is 5.19. The van der Waals surface area contributed by atoms with Gasteiger partial charge in [0.05, 0.1) is 11.3 Å². The van der Waals surface area contributed by atoms with Crippen LogP contribution in [0, 0.1) is 5.82 Å². The Morgan fingerprint density at radius 3 is 2.80 bits per heavy atom. The van der Waals surface area contributed by atoms with E-state index in [0.29, 0.717) is 0 Å². The van der Waals surface area contributed by atoms with E-state index >= 15 is 0 Å². The molecule has 106 valence electrons. The summed E-state index contributed by atoms with van der Waals surface area (Å²) in [6, 6.07) is 1.47. The van der Waals surface area contributed by atoms with Gasteiger partial charge in [-0.05, 0) is 34.5 Å². The Hall–Kier alpha value is -1.96. The summed E-state index contributed by atoms with van der Waals surface area (Å²) in [6.07, 6.45) is 0.383. The fourth-order valence-electron chi connectivity index (χ4n) is 1.81. The van der Waals surface area contributed by atoms with Crippen LogP contribution >= 0.6 is 15.9 Å². The lowest BCUT2D eigenvalue weighted by Crippen LogP contribution is -2.52. The first-order valence-corrected chi connectivity index (χ1v) is 6.57. The molecule has 1 heterocycles. The van der Waals surface area contributed by atoms with Crippen molar-refractivity contribution in [1.29, 1.82) is 0 Å². The summed E-state index contributed by atoms with van der Waals surface area (Å²) in [7, 11) is 0. The number of nitrogens with two attached hydrogens (primary N) is 1. The summed E-state index contributed by atoms with van der Waals surface area (Å²) in [5.74, 6) is -2.14. The second kappa shape index (κ2) is 5.58. The molecule has 1 fully saturated rings. The quantitative estimate of drug-likeness (QED) is 0.543. The van der Waals surface area contributed by atoms with E-state index in [9.17, 15) is 18.8 Å². The van der Waals surface area contributed by atoms with Crippen molar-refractivity contribution in [3.05, 3.63) is 28.0 Å². The van der Waals surface area contributed by atoms with Gasteiger partial charge in [0.1, 0.15) is 11.9 Å². The summed E-state index contributed by atoms with van der Waals surface area (Å²) in [6.45, 7) is 0. The molecular weight excluding hydrogens is 333 g/mol. The third-order valence-corrected chi connectivity index (χ3v) is 3.53. The maximum atomic E-state index is 13.2. The number of rotatable bonds is 2. The zero-order valence-electron chi connectivity index (χ0n) is 10.2. The van der Waals surface area contributed by atoms with Crippen molar-refractivity contribution >= 4 is 39.3 Å². The van der Waals surface area contributed by atoms with Crippen LogP contribution in [0.4, 0.5) is 10.1 Å². The van der Waals surface area contributed by atoms with E-state index in [-0.39, 0.29) is 34.5 Å². The molecule has 1 aromatic rings. The molecule has 3 amide bonds. The van der Waals surface area contributed by atoms with Gasteiger partial charge in [-0.2, -0.15) is 0 Å². The van der Waals surface area contributed by atoms with Crippen LogP contribution in [0.2, 0.25) is 0 Å². The largest absolute Gasteiger partial charge is 0.396 e. The Morgan fingerprint density at radius 2 is 2.15 bits per heavy atom. The van der Waals surface area contributed by atoms with Crippen LogP contribution in [0.1, 0.15) is 23.2 Å². The minimum atomic E-state index is -0.793. The van der Waals surface area contributed by atoms with Crippen LogP contribution < -0.4 is 16.4 Å². The number of piperidine rings is 1. The Kier molecular flexibility index (Phi) is 4.03. The van der Waals surface area contributed by atoms with E-state index in [0.717, 1.165) is 6.07 Å². The number of carbonyl (C=O) groups is 3. The molecule has 1 saturated heterocycles. The normalized spacial score (nSPS) is 18.6. The number of amides is 3. The van der Waals surface area contributed by atoms with Crippen molar-refractivity contribution in [2.75, 3.05) is 5.73 Å². The fraction of sp³-hybridized carbons (Fsp3) is 0.250. The number of carbonyl (C=O) groups excluding carboxylic acids is 3. The Bertz CT molecular complexity index is 606. The van der Waals surface area contributed by atoms with Gasteiger partial charge in [0.2, 0.25) is 11.8 Å². The third-order valence-electron chi connectivity index (χ3n) is 2.88. The average Bonchev–Trinajstić information content (AvgIpc) is 2.37. The Labute approximate surface area is 122 Å². The molecule has 1 unspecified atom stereocenters. The van der Waals surface area contributed by atoms with Crippen molar-refractivity contribution in [2.24, 2.45) is 0 Å². The third kappa shape index (κ3) is 2.96. The number of nitrogens with one attached hydrogen (secondary N) is 2. The summed E-state index contributed by atoms with van der Waals surface area (Å²) < 4.78 is 13.4.